The molecule has 2 saturated carbocycles. The Morgan fingerprint density at radius 2 is 1.66 bits per heavy atom. The minimum absolute atomic E-state index is 0.0601. The summed E-state index contributed by atoms with van der Waals surface area (Å²) in [6.07, 6.45) is 6.08. The number of fused-ring (bicyclic) bond motifs is 6. The monoisotopic (exact) mass is 822 g/mol. The molecule has 4 aliphatic carbocycles. The average molecular weight is 823 g/mol. The van der Waals surface area contributed by atoms with Gasteiger partial charge in [0.25, 0.3) is 0 Å². The lowest BCUT2D eigenvalue weighted by Crippen LogP contribution is -2.60. The van der Waals surface area contributed by atoms with Crippen LogP contribution in [0.25, 0.3) is 0 Å². The van der Waals surface area contributed by atoms with Crippen LogP contribution in [0.15, 0.2) is 29.0 Å². The molecule has 5 fully saturated rings. The van der Waals surface area contributed by atoms with Gasteiger partial charge in [-0.1, -0.05) is 43.2 Å². The second-order valence-electron chi connectivity index (χ2n) is 18.9. The molecule has 8 rings (SSSR count). The van der Waals surface area contributed by atoms with Crippen molar-refractivity contribution in [3.05, 3.63) is 34.7 Å². The van der Waals surface area contributed by atoms with Gasteiger partial charge in [0.2, 0.25) is 0 Å². The summed E-state index contributed by atoms with van der Waals surface area (Å²) in [4.78, 5) is 51.4. The van der Waals surface area contributed by atoms with Crippen molar-refractivity contribution in [3.63, 3.8) is 0 Å². The Balaban J connectivity index is 1.05. The first-order valence-corrected chi connectivity index (χ1v) is 21.7. The molecule has 1 aromatic heterocycles. The fourth-order valence-electron chi connectivity index (χ4n) is 12.8. The van der Waals surface area contributed by atoms with Crippen LogP contribution >= 0.6 is 0 Å². The van der Waals surface area contributed by atoms with Gasteiger partial charge in [0, 0.05) is 52.7 Å². The SMILES string of the molecule is CC(=O)OC[C@H]1O[C@@H](n2cc(CN3C[C@@H](C)C[C@H]4O[C@]5(CC[C@@H]6C(=C5C)C[C@H]5[C@H]6CC=C6C[C@@H](O)CC[C@@]65C)[C@H](C)[C@@H]43)nn2)[C@H](OC(C)=O)[C@@H](OC(C)=O)[C@H]1OC(C)=O. The van der Waals surface area contributed by atoms with Gasteiger partial charge in [-0.15, -0.1) is 5.10 Å². The van der Waals surface area contributed by atoms with Crippen LogP contribution in [0.3, 0.4) is 0 Å². The number of ether oxygens (including phenoxy) is 6. The molecule has 0 unspecified atom stereocenters. The number of carbonyl (C=O) groups excluding carboxylic acids is 4. The summed E-state index contributed by atoms with van der Waals surface area (Å²) < 4.78 is 37.3. The molecule has 59 heavy (non-hydrogen) atoms. The Morgan fingerprint density at radius 1 is 0.949 bits per heavy atom. The highest BCUT2D eigenvalue weighted by molar-refractivity contribution is 5.68. The number of carbonyl (C=O) groups is 4. The van der Waals surface area contributed by atoms with Crippen molar-refractivity contribution < 1.29 is 52.7 Å². The molecule has 4 heterocycles. The second-order valence-corrected chi connectivity index (χ2v) is 18.9. The van der Waals surface area contributed by atoms with Crippen LogP contribution in [-0.4, -0.2) is 110 Å². The van der Waals surface area contributed by atoms with Crippen molar-refractivity contribution in [1.29, 1.82) is 0 Å². The molecule has 1 spiro atoms. The number of likely N-dealkylation sites (tertiary alicyclic amines) is 1. The molecule has 0 aromatic carbocycles. The maximum absolute atomic E-state index is 12.5. The van der Waals surface area contributed by atoms with Crippen LogP contribution in [0.2, 0.25) is 0 Å². The zero-order valence-electron chi connectivity index (χ0n) is 35.8. The second kappa shape index (κ2) is 16.0. The van der Waals surface area contributed by atoms with Crippen LogP contribution in [-0.2, 0) is 54.1 Å². The van der Waals surface area contributed by atoms with E-state index < -0.39 is 54.5 Å². The number of hydrogen-bond acceptors (Lipinski definition) is 14. The Bertz CT molecular complexity index is 1900. The number of rotatable bonds is 8. The van der Waals surface area contributed by atoms with E-state index in [0.717, 1.165) is 57.9 Å². The first-order chi connectivity index (χ1) is 28.0. The van der Waals surface area contributed by atoms with Crippen molar-refractivity contribution in [2.24, 2.45) is 35.0 Å². The van der Waals surface area contributed by atoms with Crippen molar-refractivity contribution in [3.8, 4) is 0 Å². The highest BCUT2D eigenvalue weighted by atomic mass is 16.7. The van der Waals surface area contributed by atoms with Gasteiger partial charge >= 0.3 is 23.9 Å². The molecule has 0 amide bonds. The lowest BCUT2D eigenvalue weighted by atomic mass is 9.56. The summed E-state index contributed by atoms with van der Waals surface area (Å²) in [5, 5.41) is 19.5. The molecule has 1 N–H and O–H groups in total. The highest BCUT2D eigenvalue weighted by Gasteiger charge is 2.62. The number of hydrogen-bond donors (Lipinski definition) is 1. The number of aliphatic hydroxyl groups excluding tert-OH is 1. The minimum atomic E-state index is -1.31. The van der Waals surface area contributed by atoms with E-state index in [-0.39, 0.29) is 41.8 Å². The molecule has 15 atom stereocenters. The first kappa shape index (κ1) is 42.0. The van der Waals surface area contributed by atoms with E-state index in [1.165, 1.54) is 43.5 Å². The van der Waals surface area contributed by atoms with Gasteiger partial charge in [-0.2, -0.15) is 0 Å². The minimum Gasteiger partial charge on any atom is -0.463 e. The Kier molecular flexibility index (Phi) is 11.4. The van der Waals surface area contributed by atoms with E-state index >= 15 is 0 Å². The maximum atomic E-state index is 12.5. The van der Waals surface area contributed by atoms with Gasteiger partial charge in [-0.05, 0) is 93.0 Å². The zero-order chi connectivity index (χ0) is 42.1. The first-order valence-electron chi connectivity index (χ1n) is 21.7. The molecule has 0 radical (unpaired) electrons. The van der Waals surface area contributed by atoms with E-state index in [9.17, 15) is 24.3 Å². The number of allylic oxidation sites excluding steroid dienone is 2. The zero-order valence-corrected chi connectivity index (χ0v) is 35.8. The normalized spacial score (nSPS) is 41.6. The Hall–Kier alpha value is -3.66. The topological polar surface area (TPSA) is 178 Å². The largest absolute Gasteiger partial charge is 0.463 e. The smallest absolute Gasteiger partial charge is 0.303 e. The molecule has 1 aromatic rings. The summed E-state index contributed by atoms with van der Waals surface area (Å²) in [5.41, 5.74) is 5.06. The third-order valence-corrected chi connectivity index (χ3v) is 15.2. The van der Waals surface area contributed by atoms with Gasteiger partial charge in [-0.3, -0.25) is 24.1 Å². The van der Waals surface area contributed by atoms with E-state index in [2.05, 4.69) is 49.0 Å². The fraction of sp³-hybridized carbons (Fsp3) is 0.773. The predicted octanol–water partition coefficient (Wildman–Crippen LogP) is 4.76. The molecular formula is C44H62N4O11. The average Bonchev–Trinajstić information content (AvgIpc) is 3.86. The molecule has 0 bridgehead atoms. The highest BCUT2D eigenvalue weighted by Crippen LogP contribution is 2.65. The number of piperidine rings is 1. The Morgan fingerprint density at radius 3 is 2.37 bits per heavy atom. The summed E-state index contributed by atoms with van der Waals surface area (Å²) in [6.45, 7) is 15.3. The molecule has 15 nitrogen and oxygen atoms in total. The standard InChI is InChI=1S/C44H62N4O11/c1-22-15-36-38(24(3)44(59-36)14-12-32-33-10-9-29-16-31(53)11-13-43(29,8)35(33)17-34(32)23(44)2)47(18-22)19-30-20-48(46-45-30)42-41(57-28(7)52)40(56-27(6)51)39(55-26(5)50)37(58-42)21-54-25(4)49/h9,20,22,24,31-33,35-42,53H,10-19,21H2,1-8H3/t22-,24+,31-,32-,33-,35-,36+,37+,38-,39-,40-,41+,42+,43-,44-/m0/s1. The van der Waals surface area contributed by atoms with Crippen molar-refractivity contribution in [2.75, 3.05) is 13.2 Å². The van der Waals surface area contributed by atoms with E-state index in [1.54, 1.807) is 11.8 Å². The summed E-state index contributed by atoms with van der Waals surface area (Å²) in [7, 11) is 0. The molecule has 7 aliphatic rings. The molecule has 15 heteroatoms. The van der Waals surface area contributed by atoms with Crippen LogP contribution in [0.5, 0.6) is 0 Å². The number of aromatic nitrogens is 3. The van der Waals surface area contributed by atoms with Gasteiger partial charge in [0.05, 0.1) is 29.7 Å². The van der Waals surface area contributed by atoms with Gasteiger partial charge < -0.3 is 33.5 Å². The number of nitrogens with zero attached hydrogens (tertiary/aromatic N) is 4. The number of aliphatic hydroxyl groups is 1. The van der Waals surface area contributed by atoms with E-state index in [0.29, 0.717) is 35.9 Å². The van der Waals surface area contributed by atoms with Crippen LogP contribution in [0.4, 0.5) is 0 Å². The molecule has 3 aliphatic heterocycles. The van der Waals surface area contributed by atoms with E-state index in [1.807, 2.05) is 0 Å². The van der Waals surface area contributed by atoms with Gasteiger partial charge in [0.15, 0.2) is 24.5 Å². The maximum Gasteiger partial charge on any atom is 0.303 e. The van der Waals surface area contributed by atoms with Gasteiger partial charge in [0.1, 0.15) is 12.7 Å². The summed E-state index contributed by atoms with van der Waals surface area (Å²) >= 11 is 0. The van der Waals surface area contributed by atoms with Crippen molar-refractivity contribution >= 4 is 23.9 Å². The van der Waals surface area contributed by atoms with Crippen LogP contribution in [0.1, 0.15) is 119 Å². The lowest BCUT2D eigenvalue weighted by Gasteiger charge is -2.49. The predicted molar refractivity (Wildman–Crippen MR) is 210 cm³/mol. The molecule has 3 saturated heterocycles. The summed E-state index contributed by atoms with van der Waals surface area (Å²) in [6, 6.07) is 0.156. The molecular weight excluding hydrogens is 761 g/mol. The molecule has 324 valence electrons. The van der Waals surface area contributed by atoms with Crippen LogP contribution in [0, 0.1) is 35.0 Å². The van der Waals surface area contributed by atoms with Crippen LogP contribution < -0.4 is 0 Å². The lowest BCUT2D eigenvalue weighted by molar-refractivity contribution is -0.270. The third-order valence-electron chi connectivity index (χ3n) is 15.2. The van der Waals surface area contributed by atoms with Crippen molar-refractivity contribution in [1.82, 2.24) is 19.9 Å². The van der Waals surface area contributed by atoms with E-state index in [4.69, 9.17) is 28.4 Å². The summed E-state index contributed by atoms with van der Waals surface area (Å²) in [5.74, 6) is -0.190. The number of esters is 4. The van der Waals surface area contributed by atoms with Gasteiger partial charge in [-0.25, -0.2) is 4.68 Å². The Labute approximate surface area is 346 Å². The quantitative estimate of drug-likeness (QED) is 0.216. The third kappa shape index (κ3) is 7.56. The van der Waals surface area contributed by atoms with Crippen molar-refractivity contribution in [2.45, 2.75) is 168 Å². The fourth-order valence-corrected chi connectivity index (χ4v) is 12.8.